The number of amides is 1. The van der Waals surface area contributed by atoms with Gasteiger partial charge in [0.2, 0.25) is 0 Å². The number of aryl methyl sites for hydroxylation is 1. The van der Waals surface area contributed by atoms with Crippen LogP contribution in [-0.2, 0) is 16.4 Å². The molecule has 1 aromatic carbocycles. The average Bonchev–Trinajstić information content (AvgIpc) is 3.04. The van der Waals surface area contributed by atoms with Crippen molar-refractivity contribution in [2.75, 3.05) is 5.75 Å². The summed E-state index contributed by atoms with van der Waals surface area (Å²) in [5.74, 6) is -0.236. The van der Waals surface area contributed by atoms with E-state index < -0.39 is 9.84 Å². The number of imidazole rings is 1. The number of carbonyl (C=O) groups excluding carboxylic acids is 1. The van der Waals surface area contributed by atoms with Crippen LogP contribution in [0.25, 0.3) is 5.65 Å². The Morgan fingerprint density at radius 2 is 1.92 bits per heavy atom. The van der Waals surface area contributed by atoms with Crippen LogP contribution in [0.2, 0.25) is 0 Å². The molecule has 1 N–H and O–H groups in total. The summed E-state index contributed by atoms with van der Waals surface area (Å²) in [5.41, 5.74) is 3.09. The van der Waals surface area contributed by atoms with Crippen LogP contribution in [0.15, 0.2) is 53.7 Å². The Labute approximate surface area is 146 Å². The molecule has 3 aromatic rings. The van der Waals surface area contributed by atoms with Crippen molar-refractivity contribution in [3.05, 3.63) is 65.6 Å². The second-order valence-electron chi connectivity index (χ2n) is 5.76. The van der Waals surface area contributed by atoms with E-state index >= 15 is 0 Å². The molecule has 7 heteroatoms. The van der Waals surface area contributed by atoms with Gasteiger partial charge in [-0.2, -0.15) is 0 Å². The third kappa shape index (κ3) is 3.56. The van der Waals surface area contributed by atoms with Gasteiger partial charge in [0, 0.05) is 18.0 Å². The lowest BCUT2D eigenvalue weighted by molar-refractivity contribution is 0.0950. The molecule has 130 valence electrons. The van der Waals surface area contributed by atoms with Gasteiger partial charge in [-0.3, -0.25) is 4.79 Å². The monoisotopic (exact) mass is 357 g/mol. The van der Waals surface area contributed by atoms with Gasteiger partial charge in [-0.1, -0.05) is 13.0 Å². The Morgan fingerprint density at radius 1 is 1.20 bits per heavy atom. The molecule has 25 heavy (non-hydrogen) atoms. The van der Waals surface area contributed by atoms with Gasteiger partial charge in [0.25, 0.3) is 5.91 Å². The van der Waals surface area contributed by atoms with E-state index in [4.69, 9.17) is 0 Å². The van der Waals surface area contributed by atoms with E-state index in [2.05, 4.69) is 10.3 Å². The Balaban J connectivity index is 1.70. The first-order chi connectivity index (χ1) is 11.9. The molecule has 6 nitrogen and oxygen atoms in total. The Bertz CT molecular complexity index is 1020. The molecule has 0 fully saturated rings. The molecule has 2 aromatic heterocycles. The van der Waals surface area contributed by atoms with Gasteiger partial charge in [0.05, 0.1) is 22.9 Å². The molecule has 3 rings (SSSR count). The summed E-state index contributed by atoms with van der Waals surface area (Å²) in [5, 5.41) is 2.80. The first-order valence-corrected chi connectivity index (χ1v) is 9.60. The van der Waals surface area contributed by atoms with Crippen molar-refractivity contribution in [1.82, 2.24) is 14.7 Å². The Morgan fingerprint density at radius 3 is 2.56 bits per heavy atom. The standard InChI is InChI=1S/C18H19N3O3S/c1-3-25(23,24)16-8-6-14(7-9-16)18(22)19-11-15-12-21-10-4-5-13(2)17(21)20-15/h4-10,12H,3,11H2,1-2H3,(H,19,22). The highest BCUT2D eigenvalue weighted by atomic mass is 32.2. The molecule has 0 unspecified atom stereocenters. The highest BCUT2D eigenvalue weighted by molar-refractivity contribution is 7.91. The van der Waals surface area contributed by atoms with E-state index in [9.17, 15) is 13.2 Å². The number of nitrogens with zero attached hydrogens (tertiary/aromatic N) is 2. The fourth-order valence-corrected chi connectivity index (χ4v) is 3.43. The van der Waals surface area contributed by atoms with Crippen molar-refractivity contribution < 1.29 is 13.2 Å². The molecule has 0 aliphatic heterocycles. The first kappa shape index (κ1) is 17.2. The summed E-state index contributed by atoms with van der Waals surface area (Å²) >= 11 is 0. The van der Waals surface area contributed by atoms with Crippen LogP contribution in [0.3, 0.4) is 0 Å². The van der Waals surface area contributed by atoms with E-state index in [1.54, 1.807) is 6.92 Å². The largest absolute Gasteiger partial charge is 0.346 e. The average molecular weight is 357 g/mol. The normalized spacial score (nSPS) is 11.6. The fraction of sp³-hybridized carbons (Fsp3) is 0.222. The summed E-state index contributed by atoms with van der Waals surface area (Å²) < 4.78 is 25.5. The SMILES string of the molecule is CCS(=O)(=O)c1ccc(C(=O)NCc2cn3cccc(C)c3n2)cc1. The maximum Gasteiger partial charge on any atom is 0.251 e. The summed E-state index contributed by atoms with van der Waals surface area (Å²) in [6, 6.07) is 9.89. The lowest BCUT2D eigenvalue weighted by Gasteiger charge is -2.05. The van der Waals surface area contributed by atoms with Crippen molar-refractivity contribution in [3.63, 3.8) is 0 Å². The van der Waals surface area contributed by atoms with Crippen molar-refractivity contribution in [2.45, 2.75) is 25.3 Å². The van der Waals surface area contributed by atoms with E-state index in [0.29, 0.717) is 12.1 Å². The summed E-state index contributed by atoms with van der Waals surface area (Å²) in [7, 11) is -3.26. The lowest BCUT2D eigenvalue weighted by Crippen LogP contribution is -2.23. The number of carbonyl (C=O) groups is 1. The molecule has 0 saturated carbocycles. The van der Waals surface area contributed by atoms with E-state index in [-0.39, 0.29) is 16.6 Å². The van der Waals surface area contributed by atoms with Crippen LogP contribution in [0.4, 0.5) is 0 Å². The molecule has 0 spiro atoms. The lowest BCUT2D eigenvalue weighted by atomic mass is 10.2. The molecule has 0 atom stereocenters. The number of benzene rings is 1. The van der Waals surface area contributed by atoms with E-state index in [1.807, 2.05) is 35.9 Å². The molecule has 0 aliphatic carbocycles. The van der Waals surface area contributed by atoms with E-state index in [0.717, 1.165) is 16.9 Å². The Hall–Kier alpha value is -2.67. The van der Waals surface area contributed by atoms with Crippen LogP contribution in [0.5, 0.6) is 0 Å². The van der Waals surface area contributed by atoms with Crippen LogP contribution in [-0.4, -0.2) is 29.5 Å². The first-order valence-electron chi connectivity index (χ1n) is 7.95. The van der Waals surface area contributed by atoms with Crippen molar-refractivity contribution >= 4 is 21.4 Å². The molecule has 2 heterocycles. The topological polar surface area (TPSA) is 80.5 Å². The minimum atomic E-state index is -3.26. The molecule has 0 saturated heterocycles. The second kappa shape index (κ2) is 6.68. The van der Waals surface area contributed by atoms with Crippen molar-refractivity contribution in [1.29, 1.82) is 0 Å². The van der Waals surface area contributed by atoms with Gasteiger partial charge in [-0.25, -0.2) is 13.4 Å². The zero-order valence-electron chi connectivity index (χ0n) is 14.1. The summed E-state index contributed by atoms with van der Waals surface area (Å²) in [6.45, 7) is 3.87. The maximum atomic E-state index is 12.2. The van der Waals surface area contributed by atoms with E-state index in [1.165, 1.54) is 24.3 Å². The minimum absolute atomic E-state index is 0.0336. The molecule has 0 aliphatic rings. The van der Waals surface area contributed by atoms with Gasteiger partial charge in [0.1, 0.15) is 5.65 Å². The number of hydrogen-bond acceptors (Lipinski definition) is 4. The molecule has 0 bridgehead atoms. The number of aromatic nitrogens is 2. The number of fused-ring (bicyclic) bond motifs is 1. The van der Waals surface area contributed by atoms with Gasteiger partial charge < -0.3 is 9.72 Å². The smallest absolute Gasteiger partial charge is 0.251 e. The van der Waals surface area contributed by atoms with Gasteiger partial charge in [-0.05, 0) is 42.8 Å². The van der Waals surface area contributed by atoms with Gasteiger partial charge in [0.15, 0.2) is 9.84 Å². The Kier molecular flexibility index (Phi) is 4.59. The number of nitrogens with one attached hydrogen (secondary N) is 1. The second-order valence-corrected chi connectivity index (χ2v) is 8.04. The number of pyridine rings is 1. The molecular formula is C18H19N3O3S. The summed E-state index contributed by atoms with van der Waals surface area (Å²) in [6.07, 6.45) is 3.78. The highest BCUT2D eigenvalue weighted by Gasteiger charge is 2.13. The fourth-order valence-electron chi connectivity index (χ4n) is 2.54. The third-order valence-electron chi connectivity index (χ3n) is 4.01. The van der Waals surface area contributed by atoms with Crippen LogP contribution in [0, 0.1) is 6.92 Å². The van der Waals surface area contributed by atoms with Crippen LogP contribution in [0.1, 0.15) is 28.5 Å². The van der Waals surface area contributed by atoms with Crippen molar-refractivity contribution in [2.24, 2.45) is 0 Å². The highest BCUT2D eigenvalue weighted by Crippen LogP contribution is 2.13. The summed E-state index contributed by atoms with van der Waals surface area (Å²) in [4.78, 5) is 17.0. The minimum Gasteiger partial charge on any atom is -0.346 e. The molecule has 0 radical (unpaired) electrons. The quantitative estimate of drug-likeness (QED) is 0.760. The maximum absolute atomic E-state index is 12.2. The zero-order chi connectivity index (χ0) is 18.0. The number of rotatable bonds is 5. The number of hydrogen-bond donors (Lipinski definition) is 1. The predicted octanol–water partition coefficient (Wildman–Crippen LogP) is 2.37. The van der Waals surface area contributed by atoms with Crippen LogP contribution >= 0.6 is 0 Å². The zero-order valence-corrected chi connectivity index (χ0v) is 14.9. The third-order valence-corrected chi connectivity index (χ3v) is 5.76. The van der Waals surface area contributed by atoms with Crippen molar-refractivity contribution in [3.8, 4) is 0 Å². The van der Waals surface area contributed by atoms with Gasteiger partial charge >= 0.3 is 0 Å². The molecule has 1 amide bonds. The number of sulfone groups is 1. The van der Waals surface area contributed by atoms with Crippen LogP contribution < -0.4 is 5.32 Å². The van der Waals surface area contributed by atoms with Gasteiger partial charge in [-0.15, -0.1) is 0 Å². The predicted molar refractivity (Wildman–Crippen MR) is 95.3 cm³/mol. The molecular weight excluding hydrogens is 338 g/mol.